The zero-order chi connectivity index (χ0) is 9.35. The summed E-state index contributed by atoms with van der Waals surface area (Å²) in [4.78, 5) is 0.0918. The molecule has 1 aromatic rings. The van der Waals surface area contributed by atoms with Crippen LogP contribution >= 0.6 is 44.9 Å². The van der Waals surface area contributed by atoms with Crippen molar-refractivity contribution in [2.24, 2.45) is 0 Å². The summed E-state index contributed by atoms with van der Waals surface area (Å²) in [6.07, 6.45) is 0. The predicted molar refractivity (Wildman–Crippen MR) is 57.2 cm³/mol. The van der Waals surface area contributed by atoms with Gasteiger partial charge in [0.05, 0.1) is 4.90 Å². The summed E-state index contributed by atoms with van der Waals surface area (Å²) in [5.74, 6) is 0. The highest BCUT2D eigenvalue weighted by atomic mass is 127. The van der Waals surface area contributed by atoms with Gasteiger partial charge in [0, 0.05) is 19.3 Å². The van der Waals surface area contributed by atoms with Gasteiger partial charge in [-0.25, -0.2) is 8.42 Å². The molecule has 1 rings (SSSR count). The molecule has 0 aliphatic heterocycles. The van der Waals surface area contributed by atoms with E-state index < -0.39 is 9.05 Å². The van der Waals surface area contributed by atoms with Crippen molar-refractivity contribution in [1.29, 1.82) is 0 Å². The summed E-state index contributed by atoms with van der Waals surface area (Å²) in [5, 5.41) is 0.489. The topological polar surface area (TPSA) is 34.1 Å². The van der Waals surface area contributed by atoms with E-state index in [-0.39, 0.29) is 4.90 Å². The van der Waals surface area contributed by atoms with Gasteiger partial charge in [0.2, 0.25) is 0 Å². The molecule has 0 unspecified atom stereocenters. The molecule has 0 radical (unpaired) electrons. The number of halogens is 3. The molecule has 0 amide bonds. The normalized spacial score (nSPS) is 11.6. The molecule has 0 aliphatic carbocycles. The largest absolute Gasteiger partial charge is 0.262 e. The Bertz CT molecular complexity index is 402. The molecule has 0 spiro atoms. The fourth-order valence-electron chi connectivity index (χ4n) is 0.673. The van der Waals surface area contributed by atoms with Crippen LogP contribution in [0.4, 0.5) is 0 Å². The van der Waals surface area contributed by atoms with Crippen molar-refractivity contribution in [3.05, 3.63) is 26.8 Å². The third-order valence-corrected chi connectivity index (χ3v) is 4.03. The van der Waals surface area contributed by atoms with E-state index in [0.29, 0.717) is 8.59 Å². The second-order valence-corrected chi connectivity index (χ2v) is 6.15. The summed E-state index contributed by atoms with van der Waals surface area (Å²) < 4.78 is 22.3. The maximum Gasteiger partial charge on any atom is 0.262 e. The van der Waals surface area contributed by atoms with Gasteiger partial charge in [0.25, 0.3) is 9.05 Å². The minimum absolute atomic E-state index is 0.0918. The maximum absolute atomic E-state index is 10.9. The molecule has 66 valence electrons. The first-order chi connectivity index (χ1) is 5.41. The number of hydrogen-bond acceptors (Lipinski definition) is 2. The van der Waals surface area contributed by atoms with Gasteiger partial charge in [-0.2, -0.15) is 0 Å². The first-order valence-corrected chi connectivity index (χ1v) is 6.57. The lowest BCUT2D eigenvalue weighted by molar-refractivity contribution is 0.609. The Hall–Kier alpha value is 0.480. The minimum Gasteiger partial charge on any atom is -0.207 e. The average molecular weight is 337 g/mol. The molecular weight excluding hydrogens is 334 g/mol. The van der Waals surface area contributed by atoms with Crippen LogP contribution in [0.25, 0.3) is 0 Å². The molecule has 0 atom stereocenters. The van der Waals surface area contributed by atoms with Crippen LogP contribution in [-0.2, 0) is 9.05 Å². The highest BCUT2D eigenvalue weighted by molar-refractivity contribution is 14.1. The van der Waals surface area contributed by atoms with Gasteiger partial charge in [-0.1, -0.05) is 11.6 Å². The number of hydrogen-bond donors (Lipinski definition) is 0. The molecular formula is C6H3Cl2IO2S. The van der Waals surface area contributed by atoms with Gasteiger partial charge in [0.1, 0.15) is 0 Å². The molecule has 0 bridgehead atoms. The van der Waals surface area contributed by atoms with E-state index >= 15 is 0 Å². The van der Waals surface area contributed by atoms with Crippen molar-refractivity contribution in [3.63, 3.8) is 0 Å². The Morgan fingerprint density at radius 3 is 2.33 bits per heavy atom. The lowest BCUT2D eigenvalue weighted by Gasteiger charge is -1.99. The highest BCUT2D eigenvalue weighted by Gasteiger charge is 2.13. The summed E-state index contributed by atoms with van der Waals surface area (Å²) >= 11 is 7.49. The van der Waals surface area contributed by atoms with E-state index in [0.717, 1.165) is 0 Å². The first kappa shape index (κ1) is 10.6. The zero-order valence-corrected chi connectivity index (χ0v) is 10.1. The lowest BCUT2D eigenvalue weighted by atomic mass is 10.4. The molecule has 0 saturated heterocycles. The second-order valence-electron chi connectivity index (χ2n) is 2.01. The molecule has 0 saturated carbocycles. The van der Waals surface area contributed by atoms with E-state index in [2.05, 4.69) is 0 Å². The van der Waals surface area contributed by atoms with Crippen LogP contribution < -0.4 is 0 Å². The SMILES string of the molecule is O=S(=O)(Cl)c1ccc(Cl)cc1I. The van der Waals surface area contributed by atoms with Gasteiger partial charge in [-0.05, 0) is 40.8 Å². The van der Waals surface area contributed by atoms with Gasteiger partial charge >= 0.3 is 0 Å². The van der Waals surface area contributed by atoms with Crippen LogP contribution in [0.3, 0.4) is 0 Å². The van der Waals surface area contributed by atoms with Crippen molar-refractivity contribution in [3.8, 4) is 0 Å². The molecule has 0 N–H and O–H groups in total. The van der Waals surface area contributed by atoms with E-state index in [1.54, 1.807) is 0 Å². The fraction of sp³-hybridized carbons (Fsp3) is 0. The van der Waals surface area contributed by atoms with Crippen molar-refractivity contribution in [1.82, 2.24) is 0 Å². The Labute approximate surface area is 93.4 Å². The quantitative estimate of drug-likeness (QED) is 0.583. The van der Waals surface area contributed by atoms with Crippen molar-refractivity contribution in [2.45, 2.75) is 4.90 Å². The minimum atomic E-state index is -3.64. The molecule has 0 aliphatic rings. The van der Waals surface area contributed by atoms with Crippen LogP contribution in [0.5, 0.6) is 0 Å². The average Bonchev–Trinajstić information content (AvgIpc) is 1.83. The Kier molecular flexibility index (Phi) is 3.25. The third kappa shape index (κ3) is 2.48. The fourth-order valence-corrected chi connectivity index (χ4v) is 3.73. The van der Waals surface area contributed by atoms with E-state index in [9.17, 15) is 8.42 Å². The van der Waals surface area contributed by atoms with Gasteiger partial charge in [-0.3, -0.25) is 0 Å². The van der Waals surface area contributed by atoms with Crippen molar-refractivity contribution < 1.29 is 8.42 Å². The molecule has 0 heterocycles. The molecule has 0 aromatic heterocycles. The Balaban J connectivity index is 3.39. The van der Waals surface area contributed by atoms with Gasteiger partial charge in [-0.15, -0.1) is 0 Å². The monoisotopic (exact) mass is 336 g/mol. The van der Waals surface area contributed by atoms with Crippen LogP contribution in [0.15, 0.2) is 23.1 Å². The second kappa shape index (κ2) is 3.69. The first-order valence-electron chi connectivity index (χ1n) is 2.81. The van der Waals surface area contributed by atoms with Gasteiger partial charge < -0.3 is 0 Å². The number of rotatable bonds is 1. The molecule has 2 nitrogen and oxygen atoms in total. The maximum atomic E-state index is 10.9. The van der Waals surface area contributed by atoms with Crippen LogP contribution in [0.1, 0.15) is 0 Å². The van der Waals surface area contributed by atoms with E-state index in [1.807, 2.05) is 22.6 Å². The zero-order valence-electron chi connectivity index (χ0n) is 5.59. The summed E-state index contributed by atoms with van der Waals surface area (Å²) in [6.45, 7) is 0. The van der Waals surface area contributed by atoms with Crippen LogP contribution in [-0.4, -0.2) is 8.42 Å². The standard InChI is InChI=1S/C6H3Cl2IO2S/c7-4-1-2-6(5(9)3-4)12(8,10)11/h1-3H. The Morgan fingerprint density at radius 1 is 1.33 bits per heavy atom. The lowest BCUT2D eigenvalue weighted by Crippen LogP contribution is -1.93. The van der Waals surface area contributed by atoms with Crippen LogP contribution in [0, 0.1) is 3.57 Å². The molecule has 1 aromatic carbocycles. The van der Waals surface area contributed by atoms with E-state index in [4.69, 9.17) is 22.3 Å². The Morgan fingerprint density at radius 2 is 1.92 bits per heavy atom. The molecule has 6 heteroatoms. The molecule has 0 fully saturated rings. The highest BCUT2D eigenvalue weighted by Crippen LogP contribution is 2.24. The van der Waals surface area contributed by atoms with Gasteiger partial charge in [0.15, 0.2) is 0 Å². The predicted octanol–water partition coefficient (Wildman–Crippen LogP) is 2.87. The molecule has 12 heavy (non-hydrogen) atoms. The third-order valence-electron chi connectivity index (χ3n) is 1.16. The van der Waals surface area contributed by atoms with E-state index in [1.165, 1.54) is 18.2 Å². The summed E-state index contributed by atoms with van der Waals surface area (Å²) in [5.41, 5.74) is 0. The summed E-state index contributed by atoms with van der Waals surface area (Å²) in [7, 11) is 1.50. The summed E-state index contributed by atoms with van der Waals surface area (Å²) in [6, 6.07) is 4.41. The smallest absolute Gasteiger partial charge is 0.207 e. The van der Waals surface area contributed by atoms with Crippen molar-refractivity contribution >= 4 is 53.9 Å². The number of benzene rings is 1. The van der Waals surface area contributed by atoms with Crippen molar-refractivity contribution in [2.75, 3.05) is 0 Å². The van der Waals surface area contributed by atoms with Crippen LogP contribution in [0.2, 0.25) is 5.02 Å².